The van der Waals surface area contributed by atoms with Crippen LogP contribution < -0.4 is 10.1 Å². The van der Waals surface area contributed by atoms with Gasteiger partial charge in [0.1, 0.15) is 0 Å². The number of nitrogens with zero attached hydrogens (tertiary/aromatic N) is 2. The van der Waals surface area contributed by atoms with Crippen molar-refractivity contribution in [2.24, 2.45) is 0 Å². The van der Waals surface area contributed by atoms with E-state index in [1.807, 2.05) is 23.1 Å². The summed E-state index contributed by atoms with van der Waals surface area (Å²) in [6.07, 6.45) is 4.90. The third-order valence-corrected chi connectivity index (χ3v) is 4.77. The van der Waals surface area contributed by atoms with Crippen LogP contribution in [0.15, 0.2) is 48.7 Å². The minimum absolute atomic E-state index is 0. The molecule has 3 rings (SSSR count). The first kappa shape index (κ1) is 22.1. The van der Waals surface area contributed by atoms with Crippen molar-refractivity contribution >= 4 is 18.3 Å². The monoisotopic (exact) mass is 407 g/mol. The first-order valence-electron chi connectivity index (χ1n) is 9.51. The van der Waals surface area contributed by atoms with E-state index in [9.17, 15) is 9.18 Å². The highest BCUT2D eigenvalue weighted by atomic mass is 35.5. The van der Waals surface area contributed by atoms with Gasteiger partial charge in [-0.1, -0.05) is 18.2 Å². The number of nitrogens with one attached hydrogen (secondary N) is 1. The van der Waals surface area contributed by atoms with Gasteiger partial charge in [-0.25, -0.2) is 4.39 Å². The lowest BCUT2D eigenvalue weighted by atomic mass is 10.1. The Kier molecular flexibility index (Phi) is 9.17. The van der Waals surface area contributed by atoms with Crippen LogP contribution in [0.3, 0.4) is 0 Å². The van der Waals surface area contributed by atoms with E-state index in [2.05, 4.69) is 10.3 Å². The summed E-state index contributed by atoms with van der Waals surface area (Å²) in [7, 11) is 0. The van der Waals surface area contributed by atoms with Gasteiger partial charge < -0.3 is 15.0 Å². The molecule has 28 heavy (non-hydrogen) atoms. The zero-order chi connectivity index (χ0) is 18.9. The molecule has 1 unspecified atom stereocenters. The molecule has 1 amide bonds. The summed E-state index contributed by atoms with van der Waals surface area (Å²) in [5, 5.41) is 3.39. The number of hydrogen-bond acceptors (Lipinski definition) is 4. The predicted molar refractivity (Wildman–Crippen MR) is 109 cm³/mol. The molecule has 152 valence electrons. The van der Waals surface area contributed by atoms with Crippen LogP contribution in [-0.4, -0.2) is 41.5 Å². The van der Waals surface area contributed by atoms with Gasteiger partial charge in [-0.15, -0.1) is 12.4 Å². The van der Waals surface area contributed by atoms with Gasteiger partial charge in [-0.3, -0.25) is 9.78 Å². The fourth-order valence-electron chi connectivity index (χ4n) is 3.35. The van der Waals surface area contributed by atoms with Crippen LogP contribution in [-0.2, 0) is 11.3 Å². The number of carbonyl (C=O) groups excluding carboxylic acids is 1. The Morgan fingerprint density at radius 1 is 1.18 bits per heavy atom. The summed E-state index contributed by atoms with van der Waals surface area (Å²) in [6.45, 7) is 2.54. The second kappa shape index (κ2) is 11.6. The van der Waals surface area contributed by atoms with Crippen LogP contribution >= 0.6 is 12.4 Å². The smallest absolute Gasteiger partial charge is 0.226 e. The van der Waals surface area contributed by atoms with Crippen molar-refractivity contribution in [1.82, 2.24) is 15.2 Å². The SMILES string of the molecule is Cl.O=C(CCOc1ccccc1F)N(Cc1ccccn1)C1CCCNCC1. The largest absolute Gasteiger partial charge is 0.490 e. The molecule has 1 saturated heterocycles. The Balaban J connectivity index is 0.00000280. The van der Waals surface area contributed by atoms with Crippen molar-refractivity contribution in [1.29, 1.82) is 0 Å². The van der Waals surface area contributed by atoms with Crippen LogP contribution in [0.2, 0.25) is 0 Å². The Labute approximate surface area is 171 Å². The lowest BCUT2D eigenvalue weighted by Gasteiger charge is -2.31. The highest BCUT2D eigenvalue weighted by molar-refractivity contribution is 5.85. The van der Waals surface area contributed by atoms with E-state index in [0.717, 1.165) is 38.0 Å². The Hall–Kier alpha value is -2.18. The molecule has 1 aliphatic heterocycles. The third kappa shape index (κ3) is 6.46. The van der Waals surface area contributed by atoms with Gasteiger partial charge in [-0.2, -0.15) is 0 Å². The number of para-hydroxylation sites is 1. The summed E-state index contributed by atoms with van der Waals surface area (Å²) < 4.78 is 19.1. The topological polar surface area (TPSA) is 54.5 Å². The molecule has 5 nitrogen and oxygen atoms in total. The lowest BCUT2D eigenvalue weighted by molar-refractivity contribution is -0.135. The highest BCUT2D eigenvalue weighted by Gasteiger charge is 2.25. The molecule has 1 fully saturated rings. The third-order valence-electron chi connectivity index (χ3n) is 4.77. The minimum atomic E-state index is -0.412. The molecule has 0 spiro atoms. The maximum atomic E-state index is 13.7. The molecule has 0 saturated carbocycles. The van der Waals surface area contributed by atoms with E-state index < -0.39 is 5.82 Å². The Morgan fingerprint density at radius 2 is 2.00 bits per heavy atom. The van der Waals surface area contributed by atoms with Gasteiger partial charge in [-0.05, 0) is 56.6 Å². The second-order valence-corrected chi connectivity index (χ2v) is 6.71. The number of carbonyl (C=O) groups is 1. The fraction of sp³-hybridized carbons (Fsp3) is 0.429. The number of amides is 1. The van der Waals surface area contributed by atoms with Crippen LogP contribution in [0.4, 0.5) is 4.39 Å². The Morgan fingerprint density at radius 3 is 2.79 bits per heavy atom. The van der Waals surface area contributed by atoms with Crippen molar-refractivity contribution in [2.75, 3.05) is 19.7 Å². The van der Waals surface area contributed by atoms with Crippen LogP contribution in [0.5, 0.6) is 5.75 Å². The molecule has 1 N–H and O–H groups in total. The van der Waals surface area contributed by atoms with Gasteiger partial charge in [0.05, 0.1) is 25.3 Å². The standard InChI is InChI=1S/C21H26FN3O2.ClH/c22-19-8-1-2-9-20(19)27-15-11-21(26)25(16-17-6-3-4-13-24-17)18-7-5-12-23-14-10-18;/h1-4,6,8-9,13,18,23H,5,7,10-12,14-16H2;1H. The molecule has 0 bridgehead atoms. The van der Waals surface area contributed by atoms with Crippen LogP contribution in [0, 0.1) is 5.82 Å². The van der Waals surface area contributed by atoms with Crippen molar-refractivity contribution in [3.8, 4) is 5.75 Å². The number of rotatable bonds is 7. The number of hydrogen-bond donors (Lipinski definition) is 1. The predicted octanol–water partition coefficient (Wildman–Crippen LogP) is 3.58. The fourth-order valence-corrected chi connectivity index (χ4v) is 3.35. The van der Waals surface area contributed by atoms with E-state index >= 15 is 0 Å². The molecular weight excluding hydrogens is 381 g/mol. The maximum Gasteiger partial charge on any atom is 0.226 e. The Bertz CT molecular complexity index is 725. The number of pyridine rings is 1. The van der Waals surface area contributed by atoms with E-state index in [1.54, 1.807) is 24.4 Å². The average Bonchev–Trinajstić information content (AvgIpc) is 2.97. The number of benzene rings is 1. The normalized spacial score (nSPS) is 16.5. The molecule has 0 aliphatic carbocycles. The molecular formula is C21H27ClFN3O2. The zero-order valence-corrected chi connectivity index (χ0v) is 16.7. The molecule has 7 heteroatoms. The van der Waals surface area contributed by atoms with Crippen molar-refractivity contribution < 1.29 is 13.9 Å². The highest BCUT2D eigenvalue weighted by Crippen LogP contribution is 2.19. The van der Waals surface area contributed by atoms with Crippen molar-refractivity contribution in [2.45, 2.75) is 38.3 Å². The van der Waals surface area contributed by atoms with E-state index in [4.69, 9.17) is 4.74 Å². The minimum Gasteiger partial charge on any atom is -0.490 e. The first-order chi connectivity index (χ1) is 13.2. The maximum absolute atomic E-state index is 13.7. The molecule has 1 atom stereocenters. The average molecular weight is 408 g/mol. The summed E-state index contributed by atoms with van der Waals surface area (Å²) in [5.41, 5.74) is 0.873. The van der Waals surface area contributed by atoms with Crippen molar-refractivity contribution in [3.05, 3.63) is 60.2 Å². The second-order valence-electron chi connectivity index (χ2n) is 6.71. The first-order valence-corrected chi connectivity index (χ1v) is 9.51. The van der Waals surface area contributed by atoms with E-state index in [-0.39, 0.29) is 43.1 Å². The summed E-state index contributed by atoms with van der Waals surface area (Å²) in [5.74, 6) is -0.214. The molecule has 0 radical (unpaired) electrons. The van der Waals surface area contributed by atoms with Crippen LogP contribution in [0.1, 0.15) is 31.4 Å². The molecule has 1 aromatic heterocycles. The van der Waals surface area contributed by atoms with Crippen molar-refractivity contribution in [3.63, 3.8) is 0 Å². The number of halogens is 2. The van der Waals surface area contributed by atoms with Gasteiger partial charge >= 0.3 is 0 Å². The van der Waals surface area contributed by atoms with E-state index in [0.29, 0.717) is 6.54 Å². The quantitative estimate of drug-likeness (QED) is 0.762. The molecule has 1 aliphatic rings. The molecule has 2 heterocycles. The number of aromatic nitrogens is 1. The number of ether oxygens (including phenoxy) is 1. The van der Waals surface area contributed by atoms with Gasteiger partial charge in [0.15, 0.2) is 11.6 Å². The zero-order valence-electron chi connectivity index (χ0n) is 15.9. The van der Waals surface area contributed by atoms with E-state index in [1.165, 1.54) is 6.07 Å². The summed E-state index contributed by atoms with van der Waals surface area (Å²) in [6, 6.07) is 12.2. The summed E-state index contributed by atoms with van der Waals surface area (Å²) >= 11 is 0. The molecule has 1 aromatic carbocycles. The summed E-state index contributed by atoms with van der Waals surface area (Å²) in [4.78, 5) is 19.2. The molecule has 2 aromatic rings. The van der Waals surface area contributed by atoms with Gasteiger partial charge in [0.25, 0.3) is 0 Å². The van der Waals surface area contributed by atoms with Gasteiger partial charge in [0.2, 0.25) is 5.91 Å². The van der Waals surface area contributed by atoms with Crippen LogP contribution in [0.25, 0.3) is 0 Å². The lowest BCUT2D eigenvalue weighted by Crippen LogP contribution is -2.41. The van der Waals surface area contributed by atoms with Gasteiger partial charge in [0, 0.05) is 12.2 Å².